The summed E-state index contributed by atoms with van der Waals surface area (Å²) in [5.74, 6) is -3.62. The summed E-state index contributed by atoms with van der Waals surface area (Å²) in [5.41, 5.74) is -0.926. The topological polar surface area (TPSA) is 61.8 Å². The molecular weight excluding hydrogens is 293 g/mol. The van der Waals surface area contributed by atoms with Crippen molar-refractivity contribution in [3.8, 4) is 0 Å². The smallest absolute Gasteiger partial charge is 0.364 e. The number of halogens is 2. The largest absolute Gasteiger partial charge is 0.465 e. The Hall–Kier alpha value is -1.30. The van der Waals surface area contributed by atoms with Gasteiger partial charge in [-0.15, -0.1) is 0 Å². The molecule has 0 unspecified atom stereocenters. The van der Waals surface area contributed by atoms with Crippen LogP contribution in [0.15, 0.2) is 12.1 Å². The number of hydrogen-bond acceptors (Lipinski definition) is 5. The van der Waals surface area contributed by atoms with Crippen LogP contribution in [-0.4, -0.2) is 26.3 Å². The van der Waals surface area contributed by atoms with Gasteiger partial charge >= 0.3 is 13.6 Å². The van der Waals surface area contributed by atoms with Gasteiger partial charge in [0.05, 0.1) is 20.3 Å². The zero-order chi connectivity index (χ0) is 15.3. The fraction of sp³-hybridized carbons (Fsp3) is 0.417. The maximum atomic E-state index is 14.2. The standard InChI is InChI=1S/C12H15F2O5P/c1-4-18-20(16,19-5-2)9-7-6-8(13)10(11(9)14)12(15)17-3/h6-7H,4-5H2,1-3H3. The van der Waals surface area contributed by atoms with Crippen molar-refractivity contribution in [2.75, 3.05) is 20.3 Å². The van der Waals surface area contributed by atoms with Crippen molar-refractivity contribution < 1.29 is 31.9 Å². The Morgan fingerprint density at radius 2 is 1.75 bits per heavy atom. The van der Waals surface area contributed by atoms with Crippen LogP contribution in [0.1, 0.15) is 24.2 Å². The third-order valence-corrected chi connectivity index (χ3v) is 4.49. The van der Waals surface area contributed by atoms with Gasteiger partial charge in [-0.3, -0.25) is 4.57 Å². The van der Waals surface area contributed by atoms with Crippen molar-refractivity contribution in [3.05, 3.63) is 29.3 Å². The number of esters is 1. The van der Waals surface area contributed by atoms with Crippen molar-refractivity contribution in [1.82, 2.24) is 0 Å². The number of ether oxygens (including phenoxy) is 1. The van der Waals surface area contributed by atoms with Crippen LogP contribution >= 0.6 is 7.60 Å². The van der Waals surface area contributed by atoms with E-state index < -0.39 is 36.1 Å². The van der Waals surface area contributed by atoms with Crippen LogP contribution in [0.5, 0.6) is 0 Å². The predicted octanol–water partition coefficient (Wildman–Crippen LogP) is 2.64. The fourth-order valence-corrected chi connectivity index (χ4v) is 3.20. The zero-order valence-electron chi connectivity index (χ0n) is 11.3. The maximum absolute atomic E-state index is 14.2. The number of carbonyl (C=O) groups excluding carboxylic acids is 1. The molecule has 0 aliphatic heterocycles. The van der Waals surface area contributed by atoms with Crippen molar-refractivity contribution in [3.63, 3.8) is 0 Å². The van der Waals surface area contributed by atoms with Gasteiger partial charge in [0.15, 0.2) is 5.82 Å². The Labute approximate surface area is 115 Å². The molecule has 0 spiro atoms. The highest BCUT2D eigenvalue weighted by atomic mass is 31.2. The highest BCUT2D eigenvalue weighted by Crippen LogP contribution is 2.47. The molecule has 0 saturated carbocycles. The second-order valence-corrected chi connectivity index (χ2v) is 5.57. The molecular formula is C12H15F2O5P. The molecule has 0 atom stereocenters. The van der Waals surface area contributed by atoms with Gasteiger partial charge in [0.1, 0.15) is 16.7 Å². The molecule has 1 rings (SSSR count). The third-order valence-electron chi connectivity index (χ3n) is 2.35. The zero-order valence-corrected chi connectivity index (χ0v) is 12.2. The SMILES string of the molecule is CCOP(=O)(OCC)c1ccc(F)c(C(=O)OC)c1F. The summed E-state index contributed by atoms with van der Waals surface area (Å²) < 4.78 is 54.4. The summed E-state index contributed by atoms with van der Waals surface area (Å²) >= 11 is 0. The molecule has 20 heavy (non-hydrogen) atoms. The lowest BCUT2D eigenvalue weighted by Gasteiger charge is -2.18. The van der Waals surface area contributed by atoms with Crippen LogP contribution in [0.25, 0.3) is 0 Å². The monoisotopic (exact) mass is 308 g/mol. The Morgan fingerprint density at radius 3 is 2.20 bits per heavy atom. The van der Waals surface area contributed by atoms with Crippen molar-refractivity contribution in [2.45, 2.75) is 13.8 Å². The average Bonchev–Trinajstić information content (AvgIpc) is 2.38. The molecule has 5 nitrogen and oxygen atoms in total. The Bertz CT molecular complexity index is 537. The number of rotatable bonds is 6. The summed E-state index contributed by atoms with van der Waals surface area (Å²) in [4.78, 5) is 11.4. The lowest BCUT2D eigenvalue weighted by Crippen LogP contribution is -2.20. The van der Waals surface area contributed by atoms with Crippen molar-refractivity contribution in [1.29, 1.82) is 0 Å². The molecule has 1 aromatic rings. The molecule has 0 N–H and O–H groups in total. The third kappa shape index (κ3) is 3.23. The van der Waals surface area contributed by atoms with E-state index in [1.165, 1.54) is 0 Å². The molecule has 0 fully saturated rings. The van der Waals surface area contributed by atoms with E-state index in [-0.39, 0.29) is 13.2 Å². The predicted molar refractivity (Wildman–Crippen MR) is 68.2 cm³/mol. The number of carbonyl (C=O) groups is 1. The van der Waals surface area contributed by atoms with Gasteiger partial charge in [-0.1, -0.05) is 0 Å². The van der Waals surface area contributed by atoms with Gasteiger partial charge < -0.3 is 13.8 Å². The minimum absolute atomic E-state index is 0.00164. The lowest BCUT2D eigenvalue weighted by molar-refractivity contribution is 0.0590. The quantitative estimate of drug-likeness (QED) is 0.597. The highest BCUT2D eigenvalue weighted by molar-refractivity contribution is 7.62. The van der Waals surface area contributed by atoms with Gasteiger partial charge in [-0.2, -0.15) is 0 Å². The molecule has 0 heterocycles. The molecule has 1 aromatic carbocycles. The number of methoxy groups -OCH3 is 1. The van der Waals surface area contributed by atoms with Gasteiger partial charge in [0, 0.05) is 0 Å². The fourth-order valence-electron chi connectivity index (χ4n) is 1.56. The van der Waals surface area contributed by atoms with Crippen LogP contribution in [-0.2, 0) is 18.3 Å². The van der Waals surface area contributed by atoms with Crippen molar-refractivity contribution >= 4 is 18.9 Å². The van der Waals surface area contributed by atoms with E-state index in [2.05, 4.69) is 4.74 Å². The highest BCUT2D eigenvalue weighted by Gasteiger charge is 2.34. The van der Waals surface area contributed by atoms with E-state index in [9.17, 15) is 18.1 Å². The first-order valence-corrected chi connectivity index (χ1v) is 7.41. The van der Waals surface area contributed by atoms with Crippen LogP contribution in [0.3, 0.4) is 0 Å². The van der Waals surface area contributed by atoms with E-state index in [1.807, 2.05) is 0 Å². The first-order chi connectivity index (χ1) is 9.41. The Balaban J connectivity index is 3.45. The van der Waals surface area contributed by atoms with Gasteiger partial charge in [-0.25, -0.2) is 13.6 Å². The molecule has 0 bridgehead atoms. The average molecular weight is 308 g/mol. The van der Waals surface area contributed by atoms with Crippen molar-refractivity contribution in [2.24, 2.45) is 0 Å². The molecule has 112 valence electrons. The van der Waals surface area contributed by atoms with E-state index in [0.29, 0.717) is 0 Å². The normalized spacial score (nSPS) is 11.4. The first-order valence-electron chi connectivity index (χ1n) is 5.87. The minimum atomic E-state index is -3.96. The van der Waals surface area contributed by atoms with Crippen LogP contribution in [0.4, 0.5) is 8.78 Å². The first kappa shape index (κ1) is 16.8. The van der Waals surface area contributed by atoms with Gasteiger partial charge in [-0.05, 0) is 26.0 Å². The lowest BCUT2D eigenvalue weighted by atomic mass is 10.2. The number of hydrogen-bond donors (Lipinski definition) is 0. The molecule has 0 amide bonds. The van der Waals surface area contributed by atoms with E-state index in [4.69, 9.17) is 9.05 Å². The van der Waals surface area contributed by atoms with Gasteiger partial charge in [0.25, 0.3) is 0 Å². The van der Waals surface area contributed by atoms with E-state index >= 15 is 0 Å². The summed E-state index contributed by atoms with van der Waals surface area (Å²) in [6.07, 6.45) is 0. The van der Waals surface area contributed by atoms with Gasteiger partial charge in [0.2, 0.25) is 0 Å². The molecule has 0 aliphatic rings. The molecule has 0 aromatic heterocycles. The summed E-state index contributed by atoms with van der Waals surface area (Å²) in [7, 11) is -2.97. The second kappa shape index (κ2) is 6.92. The molecule has 0 aliphatic carbocycles. The van der Waals surface area contributed by atoms with E-state index in [1.54, 1.807) is 13.8 Å². The van der Waals surface area contributed by atoms with Crippen LogP contribution in [0.2, 0.25) is 0 Å². The van der Waals surface area contributed by atoms with Crippen LogP contribution < -0.4 is 5.30 Å². The Morgan fingerprint density at radius 1 is 1.20 bits per heavy atom. The van der Waals surface area contributed by atoms with E-state index in [0.717, 1.165) is 19.2 Å². The maximum Gasteiger partial charge on any atom is 0.364 e. The second-order valence-electron chi connectivity index (χ2n) is 3.58. The molecule has 0 saturated heterocycles. The summed E-state index contributed by atoms with van der Waals surface area (Å²) in [5, 5.41) is -0.497. The summed E-state index contributed by atoms with van der Waals surface area (Å²) in [6.45, 7) is 3.10. The molecule has 8 heteroatoms. The Kier molecular flexibility index (Phi) is 5.80. The van der Waals surface area contributed by atoms with Crippen LogP contribution in [0, 0.1) is 11.6 Å². The molecule has 0 radical (unpaired) electrons. The summed E-state index contributed by atoms with van der Waals surface area (Å²) in [6, 6.07) is 1.75. The minimum Gasteiger partial charge on any atom is -0.465 e. The number of benzene rings is 1.